The topological polar surface area (TPSA) is 41.9 Å². The second-order valence-corrected chi connectivity index (χ2v) is 7.00. The van der Waals surface area contributed by atoms with Gasteiger partial charge in [-0.15, -0.1) is 11.3 Å². The van der Waals surface area contributed by atoms with Crippen molar-refractivity contribution in [2.75, 3.05) is 18.4 Å². The molecule has 3 heterocycles. The third-order valence-electron chi connectivity index (χ3n) is 3.81. The Morgan fingerprint density at radius 3 is 3.10 bits per heavy atom. The van der Waals surface area contributed by atoms with E-state index in [1.807, 2.05) is 18.3 Å². The fourth-order valence-corrected chi connectivity index (χ4v) is 3.56. The zero-order chi connectivity index (χ0) is 14.1. The lowest BCUT2D eigenvalue weighted by Crippen LogP contribution is -2.36. The maximum Gasteiger partial charge on any atom is 0.124 e. The molecule has 0 unspecified atom stereocenters. The quantitative estimate of drug-likeness (QED) is 0.909. The molecule has 0 radical (unpaired) electrons. The third kappa shape index (κ3) is 2.88. The highest BCUT2D eigenvalue weighted by Gasteiger charge is 2.20. The summed E-state index contributed by atoms with van der Waals surface area (Å²) in [4.78, 5) is 2.80. The summed E-state index contributed by atoms with van der Waals surface area (Å²) in [7, 11) is 0. The Balaban J connectivity index is 1.55. The Kier molecular flexibility index (Phi) is 3.81. The number of aromatic nitrogens is 2. The summed E-state index contributed by atoms with van der Waals surface area (Å²) < 4.78 is 2.09. The van der Waals surface area contributed by atoms with Gasteiger partial charge < -0.3 is 10.6 Å². The minimum Gasteiger partial charge on any atom is -0.370 e. The highest BCUT2D eigenvalue weighted by molar-refractivity contribution is 7.12. The molecule has 0 saturated carbocycles. The van der Waals surface area contributed by atoms with Crippen LogP contribution in [0.25, 0.3) is 0 Å². The number of nitrogens with zero attached hydrogens (tertiary/aromatic N) is 2. The van der Waals surface area contributed by atoms with Gasteiger partial charge >= 0.3 is 0 Å². The van der Waals surface area contributed by atoms with Crippen molar-refractivity contribution < 1.29 is 0 Å². The van der Waals surface area contributed by atoms with Crippen LogP contribution < -0.4 is 10.6 Å². The molecule has 2 aromatic heterocycles. The zero-order valence-corrected chi connectivity index (χ0v) is 13.1. The summed E-state index contributed by atoms with van der Waals surface area (Å²) in [6, 6.07) is 6.96. The Bertz CT molecular complexity index is 586. The predicted molar refractivity (Wildman–Crippen MR) is 84.4 cm³/mol. The SMILES string of the molecule is Cc1cc2n(n1)C[C@H](CN[C@@H](C)c1ccc(C)s1)CN2. The van der Waals surface area contributed by atoms with E-state index in [1.165, 1.54) is 9.75 Å². The van der Waals surface area contributed by atoms with Gasteiger partial charge in [-0.25, -0.2) is 4.68 Å². The fraction of sp³-hybridized carbons (Fsp3) is 0.533. The molecule has 2 N–H and O–H groups in total. The van der Waals surface area contributed by atoms with E-state index in [1.54, 1.807) is 0 Å². The molecule has 0 aliphatic carbocycles. The molecule has 0 spiro atoms. The highest BCUT2D eigenvalue weighted by Crippen LogP contribution is 2.23. The van der Waals surface area contributed by atoms with Crippen LogP contribution in [0.3, 0.4) is 0 Å². The van der Waals surface area contributed by atoms with E-state index < -0.39 is 0 Å². The van der Waals surface area contributed by atoms with Crippen LogP contribution in [0.2, 0.25) is 0 Å². The van der Waals surface area contributed by atoms with E-state index in [0.717, 1.165) is 31.1 Å². The standard InChI is InChI=1S/C15H22N4S/c1-10-6-15-17-8-13(9-19(15)18-10)7-16-12(3)14-5-4-11(2)20-14/h4-6,12-13,16-17H,7-9H2,1-3H3/t12-,13+/m0/s1. The molecule has 108 valence electrons. The number of rotatable bonds is 4. The van der Waals surface area contributed by atoms with Crippen molar-refractivity contribution in [2.24, 2.45) is 5.92 Å². The van der Waals surface area contributed by atoms with Gasteiger partial charge in [0.2, 0.25) is 0 Å². The van der Waals surface area contributed by atoms with Crippen molar-refractivity contribution in [1.29, 1.82) is 0 Å². The van der Waals surface area contributed by atoms with Crippen LogP contribution in [-0.2, 0) is 6.54 Å². The van der Waals surface area contributed by atoms with E-state index in [4.69, 9.17) is 0 Å². The van der Waals surface area contributed by atoms with Crippen molar-refractivity contribution >= 4 is 17.2 Å². The lowest BCUT2D eigenvalue weighted by atomic mass is 10.1. The van der Waals surface area contributed by atoms with Gasteiger partial charge in [-0.1, -0.05) is 0 Å². The van der Waals surface area contributed by atoms with Crippen LogP contribution in [0.1, 0.15) is 28.4 Å². The summed E-state index contributed by atoms with van der Waals surface area (Å²) in [5.74, 6) is 1.74. The van der Waals surface area contributed by atoms with Crippen LogP contribution in [-0.4, -0.2) is 22.9 Å². The monoisotopic (exact) mass is 290 g/mol. The second kappa shape index (κ2) is 5.58. The fourth-order valence-electron chi connectivity index (χ4n) is 2.65. The Labute approximate surface area is 124 Å². The molecule has 20 heavy (non-hydrogen) atoms. The lowest BCUT2D eigenvalue weighted by Gasteiger charge is -2.26. The van der Waals surface area contributed by atoms with Crippen LogP contribution in [0.4, 0.5) is 5.82 Å². The molecule has 1 aliphatic rings. The number of hydrogen-bond donors (Lipinski definition) is 2. The molecule has 1 aliphatic heterocycles. The molecular formula is C15H22N4S. The maximum absolute atomic E-state index is 4.52. The largest absolute Gasteiger partial charge is 0.370 e. The van der Waals surface area contributed by atoms with Gasteiger partial charge in [-0.3, -0.25) is 0 Å². The number of nitrogens with one attached hydrogen (secondary N) is 2. The van der Waals surface area contributed by atoms with Gasteiger partial charge in [-0.05, 0) is 32.9 Å². The summed E-state index contributed by atoms with van der Waals surface area (Å²) in [5, 5.41) is 11.6. The van der Waals surface area contributed by atoms with Gasteiger partial charge in [0.15, 0.2) is 0 Å². The molecule has 0 saturated heterocycles. The van der Waals surface area contributed by atoms with Crippen LogP contribution in [0, 0.1) is 19.8 Å². The molecule has 0 aromatic carbocycles. The van der Waals surface area contributed by atoms with Crippen molar-refractivity contribution in [3.8, 4) is 0 Å². The Morgan fingerprint density at radius 1 is 1.50 bits per heavy atom. The number of thiophene rings is 1. The zero-order valence-electron chi connectivity index (χ0n) is 12.3. The number of aryl methyl sites for hydroxylation is 2. The average molecular weight is 290 g/mol. The van der Waals surface area contributed by atoms with Crippen molar-refractivity contribution in [1.82, 2.24) is 15.1 Å². The highest BCUT2D eigenvalue weighted by atomic mass is 32.1. The van der Waals surface area contributed by atoms with E-state index in [0.29, 0.717) is 12.0 Å². The van der Waals surface area contributed by atoms with E-state index >= 15 is 0 Å². The van der Waals surface area contributed by atoms with Gasteiger partial charge in [0.1, 0.15) is 5.82 Å². The minimum atomic E-state index is 0.425. The lowest BCUT2D eigenvalue weighted by molar-refractivity contribution is 0.377. The third-order valence-corrected chi connectivity index (χ3v) is 4.99. The molecule has 2 atom stereocenters. The normalized spacial score (nSPS) is 19.4. The Hall–Kier alpha value is -1.33. The van der Waals surface area contributed by atoms with Gasteiger partial charge in [0.25, 0.3) is 0 Å². The van der Waals surface area contributed by atoms with Gasteiger partial charge in [0, 0.05) is 47.4 Å². The maximum atomic E-state index is 4.52. The summed E-state index contributed by atoms with van der Waals surface area (Å²) >= 11 is 1.88. The number of anilines is 1. The minimum absolute atomic E-state index is 0.425. The first-order chi connectivity index (χ1) is 9.61. The first-order valence-corrected chi connectivity index (χ1v) is 8.01. The molecule has 4 nitrogen and oxygen atoms in total. The molecule has 5 heteroatoms. The second-order valence-electron chi connectivity index (χ2n) is 5.68. The summed E-state index contributed by atoms with van der Waals surface area (Å²) in [6.45, 7) is 9.48. The smallest absolute Gasteiger partial charge is 0.124 e. The van der Waals surface area contributed by atoms with Crippen LogP contribution in [0.5, 0.6) is 0 Å². The van der Waals surface area contributed by atoms with E-state index in [9.17, 15) is 0 Å². The first-order valence-electron chi connectivity index (χ1n) is 7.20. The molecule has 0 amide bonds. The number of hydrogen-bond acceptors (Lipinski definition) is 4. The molecular weight excluding hydrogens is 268 g/mol. The van der Waals surface area contributed by atoms with Gasteiger partial charge in [-0.2, -0.15) is 5.10 Å². The van der Waals surface area contributed by atoms with Crippen LogP contribution in [0.15, 0.2) is 18.2 Å². The molecule has 2 aromatic rings. The molecule has 0 bridgehead atoms. The predicted octanol–water partition coefficient (Wildman–Crippen LogP) is 2.95. The molecule has 3 rings (SSSR count). The van der Waals surface area contributed by atoms with Crippen molar-refractivity contribution in [2.45, 2.75) is 33.4 Å². The van der Waals surface area contributed by atoms with Gasteiger partial charge in [0.05, 0.1) is 5.69 Å². The summed E-state index contributed by atoms with van der Waals surface area (Å²) in [6.07, 6.45) is 0. The van der Waals surface area contributed by atoms with E-state index in [-0.39, 0.29) is 0 Å². The van der Waals surface area contributed by atoms with E-state index in [2.05, 4.69) is 52.5 Å². The van der Waals surface area contributed by atoms with Crippen molar-refractivity contribution in [3.05, 3.63) is 33.6 Å². The average Bonchev–Trinajstić information content (AvgIpc) is 3.00. The Morgan fingerprint density at radius 2 is 2.35 bits per heavy atom. The number of fused-ring (bicyclic) bond motifs is 1. The molecule has 0 fully saturated rings. The van der Waals surface area contributed by atoms with Crippen molar-refractivity contribution in [3.63, 3.8) is 0 Å². The summed E-state index contributed by atoms with van der Waals surface area (Å²) in [5.41, 5.74) is 1.09. The first kappa shape index (κ1) is 13.6. The van der Waals surface area contributed by atoms with Crippen LogP contribution >= 0.6 is 11.3 Å².